The molecule has 0 aliphatic rings. The summed E-state index contributed by atoms with van der Waals surface area (Å²) >= 11 is 11.3. The minimum absolute atomic E-state index is 0.0949. The molecule has 2 aromatic rings. The average Bonchev–Trinajstić information content (AvgIpc) is 2.79. The van der Waals surface area contributed by atoms with Crippen LogP contribution in [-0.4, -0.2) is 64.3 Å². The largest absolute Gasteiger partial charge is 0.444 e. The molecule has 0 bridgehead atoms. The number of ketones is 1. The molecule has 0 fully saturated rings. The van der Waals surface area contributed by atoms with Crippen molar-refractivity contribution in [1.29, 1.82) is 0 Å². The second-order valence-corrected chi connectivity index (χ2v) is 10.7. The van der Waals surface area contributed by atoms with E-state index in [2.05, 4.69) is 25.4 Å². The zero-order valence-corrected chi connectivity index (χ0v) is 25.9. The predicted molar refractivity (Wildman–Crippen MR) is 154 cm³/mol. The highest BCUT2D eigenvalue weighted by Crippen LogP contribution is 2.20. The first-order chi connectivity index (χ1) is 18.2. The van der Waals surface area contributed by atoms with E-state index in [0.717, 1.165) is 5.06 Å². The number of Topliss-reactive ketones (excluding diaryl/α,β-unsaturated/α-hetero) is 1. The van der Waals surface area contributed by atoms with Crippen LogP contribution in [0.5, 0.6) is 0 Å². The van der Waals surface area contributed by atoms with Gasteiger partial charge in [0.2, 0.25) is 5.91 Å². The Bertz CT molecular complexity index is 1150. The minimum atomic E-state index is -0.644. The maximum atomic E-state index is 11.6. The number of hydrogen-bond acceptors (Lipinski definition) is 9. The number of rotatable bonds is 4. The summed E-state index contributed by atoms with van der Waals surface area (Å²) in [5, 5.41) is 6.74. The molecule has 222 valence electrons. The molecule has 40 heavy (non-hydrogen) atoms. The van der Waals surface area contributed by atoms with Crippen molar-refractivity contribution < 1.29 is 33.5 Å². The second-order valence-electron chi connectivity index (χ2n) is 9.93. The fourth-order valence-electron chi connectivity index (χ4n) is 2.23. The van der Waals surface area contributed by atoms with Crippen LogP contribution in [0.25, 0.3) is 0 Å². The highest BCUT2D eigenvalue weighted by Gasteiger charge is 2.19. The van der Waals surface area contributed by atoms with Gasteiger partial charge >= 0.3 is 12.2 Å². The number of aromatic nitrogens is 2. The van der Waals surface area contributed by atoms with Crippen LogP contribution in [0.4, 0.5) is 21.0 Å². The number of hydrogen-bond donors (Lipinski definition) is 2. The van der Waals surface area contributed by atoms with Crippen LogP contribution < -0.4 is 10.6 Å². The van der Waals surface area contributed by atoms with Gasteiger partial charge in [-0.3, -0.25) is 25.1 Å². The molecule has 0 aromatic carbocycles. The zero-order valence-electron chi connectivity index (χ0n) is 24.3. The third kappa shape index (κ3) is 17.2. The van der Waals surface area contributed by atoms with Crippen LogP contribution in [0.3, 0.4) is 0 Å². The van der Waals surface area contributed by atoms with Crippen LogP contribution in [0.15, 0.2) is 30.6 Å². The van der Waals surface area contributed by atoms with E-state index in [1.807, 2.05) is 0 Å². The first kappa shape index (κ1) is 36.5. The average molecular weight is 603 g/mol. The SMILES string of the molecule is CC(=O)c1cc(Cl)ncc1NC(=O)OC(C)(C)C.CC(C)(C)OC(=O)Nc1ccc(Cl)nc1.CON(C)C(C)=O. The van der Waals surface area contributed by atoms with Crippen LogP contribution in [-0.2, 0) is 19.1 Å². The van der Waals surface area contributed by atoms with E-state index in [4.69, 9.17) is 32.7 Å². The molecule has 3 amide bonds. The van der Waals surface area contributed by atoms with Crippen molar-refractivity contribution >= 4 is 58.5 Å². The number of nitrogens with zero attached hydrogens (tertiary/aromatic N) is 3. The lowest BCUT2D eigenvalue weighted by atomic mass is 10.1. The molecule has 0 unspecified atom stereocenters. The summed E-state index contributed by atoms with van der Waals surface area (Å²) in [6.07, 6.45) is 1.63. The van der Waals surface area contributed by atoms with E-state index in [-0.39, 0.29) is 22.5 Å². The highest BCUT2D eigenvalue weighted by molar-refractivity contribution is 6.30. The number of carbonyl (C=O) groups is 4. The van der Waals surface area contributed by atoms with E-state index in [1.165, 1.54) is 39.4 Å². The molecule has 0 saturated carbocycles. The maximum Gasteiger partial charge on any atom is 0.412 e. The molecular formula is C26H37Cl2N5O7. The van der Waals surface area contributed by atoms with Gasteiger partial charge < -0.3 is 9.47 Å². The van der Waals surface area contributed by atoms with E-state index in [0.29, 0.717) is 16.4 Å². The fourth-order valence-corrected chi connectivity index (χ4v) is 2.50. The predicted octanol–water partition coefficient (Wildman–Crippen LogP) is 6.39. The lowest BCUT2D eigenvalue weighted by molar-refractivity contribution is -0.165. The molecule has 12 nitrogen and oxygen atoms in total. The van der Waals surface area contributed by atoms with E-state index >= 15 is 0 Å². The number of anilines is 2. The van der Waals surface area contributed by atoms with E-state index in [9.17, 15) is 19.2 Å². The Morgan fingerprint density at radius 2 is 1.32 bits per heavy atom. The van der Waals surface area contributed by atoms with Crippen LogP contribution >= 0.6 is 23.2 Å². The third-order valence-electron chi connectivity index (χ3n) is 3.98. The number of hydroxylamine groups is 2. The molecule has 0 aliphatic carbocycles. The molecule has 0 atom stereocenters. The van der Waals surface area contributed by atoms with Gasteiger partial charge in [-0.1, -0.05) is 23.2 Å². The van der Waals surface area contributed by atoms with Gasteiger partial charge in [-0.05, 0) is 66.7 Å². The molecule has 2 rings (SSSR count). The van der Waals surface area contributed by atoms with Crippen molar-refractivity contribution in [2.75, 3.05) is 24.8 Å². The van der Waals surface area contributed by atoms with Gasteiger partial charge in [-0.25, -0.2) is 24.6 Å². The Kier molecular flexibility index (Phi) is 15.1. The van der Waals surface area contributed by atoms with Gasteiger partial charge in [0.15, 0.2) is 5.78 Å². The van der Waals surface area contributed by atoms with Gasteiger partial charge in [-0.15, -0.1) is 0 Å². The molecule has 0 saturated heterocycles. The van der Waals surface area contributed by atoms with Crippen LogP contribution in [0, 0.1) is 0 Å². The summed E-state index contributed by atoms with van der Waals surface area (Å²) in [5.74, 6) is -0.312. The van der Waals surface area contributed by atoms with Crippen LogP contribution in [0.2, 0.25) is 10.3 Å². The molecule has 0 aliphatic heterocycles. The minimum Gasteiger partial charge on any atom is -0.444 e. The fraction of sp³-hybridized carbons (Fsp3) is 0.462. The Balaban J connectivity index is 0.000000624. The number of carbonyl (C=O) groups excluding carboxylic acids is 4. The van der Waals surface area contributed by atoms with Gasteiger partial charge in [0, 0.05) is 19.5 Å². The Morgan fingerprint density at radius 3 is 1.70 bits per heavy atom. The second kappa shape index (κ2) is 16.6. The van der Waals surface area contributed by atoms with Gasteiger partial charge in [0.1, 0.15) is 21.5 Å². The summed E-state index contributed by atoms with van der Waals surface area (Å²) in [5.41, 5.74) is 0.000208. The summed E-state index contributed by atoms with van der Waals surface area (Å²) in [6, 6.07) is 4.64. The topological polar surface area (TPSA) is 149 Å². The summed E-state index contributed by atoms with van der Waals surface area (Å²) in [6.45, 7) is 13.5. The van der Waals surface area contributed by atoms with Crippen molar-refractivity contribution in [3.8, 4) is 0 Å². The number of amides is 3. The third-order valence-corrected chi connectivity index (χ3v) is 4.41. The first-order valence-corrected chi connectivity index (χ1v) is 12.6. The Morgan fingerprint density at radius 1 is 0.825 bits per heavy atom. The lowest BCUT2D eigenvalue weighted by Crippen LogP contribution is -2.27. The number of pyridine rings is 2. The summed E-state index contributed by atoms with van der Waals surface area (Å²) in [4.78, 5) is 56.6. The first-order valence-electron chi connectivity index (χ1n) is 11.8. The zero-order chi connectivity index (χ0) is 31.3. The molecular weight excluding hydrogens is 565 g/mol. The molecule has 0 spiro atoms. The number of ether oxygens (including phenoxy) is 2. The van der Waals surface area contributed by atoms with Crippen molar-refractivity contribution in [1.82, 2.24) is 15.0 Å². The van der Waals surface area contributed by atoms with Crippen LogP contribution in [0.1, 0.15) is 65.7 Å². The molecule has 2 heterocycles. The van der Waals surface area contributed by atoms with Crippen molar-refractivity contribution in [2.24, 2.45) is 0 Å². The molecule has 0 radical (unpaired) electrons. The smallest absolute Gasteiger partial charge is 0.412 e. The highest BCUT2D eigenvalue weighted by atomic mass is 35.5. The van der Waals surface area contributed by atoms with Crippen molar-refractivity contribution in [3.05, 3.63) is 46.5 Å². The monoisotopic (exact) mass is 601 g/mol. The molecule has 14 heteroatoms. The van der Waals surface area contributed by atoms with Crippen molar-refractivity contribution in [3.63, 3.8) is 0 Å². The molecule has 2 N–H and O–H groups in total. The number of halogens is 2. The Hall–Kier alpha value is -3.48. The van der Waals surface area contributed by atoms with Crippen molar-refractivity contribution in [2.45, 2.75) is 66.6 Å². The van der Waals surface area contributed by atoms with E-state index in [1.54, 1.807) is 60.7 Å². The van der Waals surface area contributed by atoms with Gasteiger partial charge in [-0.2, -0.15) is 0 Å². The quantitative estimate of drug-likeness (QED) is 0.231. The lowest BCUT2D eigenvalue weighted by Gasteiger charge is -2.20. The summed E-state index contributed by atoms with van der Waals surface area (Å²) < 4.78 is 10.1. The van der Waals surface area contributed by atoms with Gasteiger partial charge in [0.05, 0.1) is 30.9 Å². The number of nitrogens with one attached hydrogen (secondary N) is 2. The standard InChI is InChI=1S/C12H15ClN2O3.C10H13ClN2O2.C4H9NO2/c1-7(16)8-5-10(13)14-6-9(8)15-11(17)18-12(2,3)4;1-10(2,3)15-9(14)13-7-4-5-8(11)12-6-7;1-4(6)5(2)7-3/h5-6H,1-4H3,(H,15,17);4-6H,1-3H3,(H,13,14);1-3H3. The maximum absolute atomic E-state index is 11.6. The Labute approximate surface area is 244 Å². The molecule has 2 aromatic heterocycles. The van der Waals surface area contributed by atoms with E-state index < -0.39 is 23.4 Å². The summed E-state index contributed by atoms with van der Waals surface area (Å²) in [7, 11) is 3.00. The van der Waals surface area contributed by atoms with Gasteiger partial charge in [0.25, 0.3) is 0 Å². The normalized spacial score (nSPS) is 10.5.